The van der Waals surface area contributed by atoms with Gasteiger partial charge in [-0.2, -0.15) is 5.26 Å². The molecule has 4 N–H and O–H groups in total. The second-order valence-corrected chi connectivity index (χ2v) is 4.70. The van der Waals surface area contributed by atoms with E-state index in [0.717, 1.165) is 31.4 Å². The molecule has 0 radical (unpaired) electrons. The number of nitriles is 1. The Morgan fingerprint density at radius 1 is 1.41 bits per heavy atom. The summed E-state index contributed by atoms with van der Waals surface area (Å²) in [6.45, 7) is 0.517. The minimum absolute atomic E-state index is 0.517. The number of benzene rings is 1. The molecule has 1 aromatic carbocycles. The Bertz CT molecular complexity index is 444. The fourth-order valence-corrected chi connectivity index (χ4v) is 2.26. The summed E-state index contributed by atoms with van der Waals surface area (Å²) in [6.07, 6.45) is 3.86. The lowest BCUT2D eigenvalue weighted by molar-refractivity contribution is 0.0615. The molecule has 0 unspecified atom stereocenters. The zero-order valence-corrected chi connectivity index (χ0v) is 9.74. The van der Waals surface area contributed by atoms with Crippen molar-refractivity contribution in [3.63, 3.8) is 0 Å². The van der Waals surface area contributed by atoms with Crippen molar-refractivity contribution in [2.75, 3.05) is 17.6 Å². The van der Waals surface area contributed by atoms with Gasteiger partial charge in [-0.3, -0.25) is 0 Å². The Balaban J connectivity index is 2.02. The molecule has 1 saturated carbocycles. The van der Waals surface area contributed by atoms with Gasteiger partial charge in [-0.15, -0.1) is 0 Å². The van der Waals surface area contributed by atoms with E-state index in [1.54, 1.807) is 18.2 Å². The molecule has 2 rings (SSSR count). The number of nitrogens with zero attached hydrogens (tertiary/aromatic N) is 1. The highest BCUT2D eigenvalue weighted by Gasteiger charge is 2.30. The van der Waals surface area contributed by atoms with E-state index in [0.29, 0.717) is 17.8 Å². The predicted molar refractivity (Wildman–Crippen MR) is 67.5 cm³/mol. The Labute approximate surface area is 101 Å². The molecule has 17 heavy (non-hydrogen) atoms. The average Bonchev–Trinajstić information content (AvgIpc) is 2.75. The number of nitrogen functional groups attached to an aromatic ring is 1. The Morgan fingerprint density at radius 3 is 2.71 bits per heavy atom. The van der Waals surface area contributed by atoms with Gasteiger partial charge in [-0.1, -0.05) is 12.8 Å². The molecule has 0 amide bonds. The van der Waals surface area contributed by atoms with Gasteiger partial charge >= 0.3 is 0 Å². The van der Waals surface area contributed by atoms with Gasteiger partial charge in [-0.25, -0.2) is 0 Å². The summed E-state index contributed by atoms with van der Waals surface area (Å²) in [6, 6.07) is 7.19. The molecular formula is C13H17N3O. The standard InChI is InChI=1S/C13H17N3O/c14-8-10-3-4-12(11(15)7-10)16-9-13(17)5-1-2-6-13/h3-4,7,16-17H,1-2,5-6,9,15H2. The minimum Gasteiger partial charge on any atom is -0.397 e. The second kappa shape index (κ2) is 4.64. The molecule has 0 spiro atoms. The third-order valence-electron chi connectivity index (χ3n) is 3.32. The minimum atomic E-state index is -0.597. The van der Waals surface area contributed by atoms with Crippen molar-refractivity contribution in [3.05, 3.63) is 23.8 Å². The molecule has 0 heterocycles. The van der Waals surface area contributed by atoms with Gasteiger partial charge < -0.3 is 16.2 Å². The number of aliphatic hydroxyl groups is 1. The van der Waals surface area contributed by atoms with Crippen molar-refractivity contribution in [2.24, 2.45) is 0 Å². The molecular weight excluding hydrogens is 214 g/mol. The van der Waals surface area contributed by atoms with E-state index >= 15 is 0 Å². The molecule has 4 nitrogen and oxygen atoms in total. The fourth-order valence-electron chi connectivity index (χ4n) is 2.26. The maximum absolute atomic E-state index is 10.2. The molecule has 0 aromatic heterocycles. The number of hydrogen-bond donors (Lipinski definition) is 3. The normalized spacial score (nSPS) is 17.6. The van der Waals surface area contributed by atoms with Crippen LogP contribution in [0.4, 0.5) is 11.4 Å². The Kier molecular flexibility index (Phi) is 3.21. The average molecular weight is 231 g/mol. The molecule has 0 bridgehead atoms. The van der Waals surface area contributed by atoms with Crippen LogP contribution < -0.4 is 11.1 Å². The SMILES string of the molecule is N#Cc1ccc(NCC2(O)CCCC2)c(N)c1. The lowest BCUT2D eigenvalue weighted by atomic mass is 10.0. The number of rotatable bonds is 3. The van der Waals surface area contributed by atoms with Gasteiger partial charge in [0.15, 0.2) is 0 Å². The van der Waals surface area contributed by atoms with Gasteiger partial charge in [0, 0.05) is 6.54 Å². The number of anilines is 2. The van der Waals surface area contributed by atoms with Crippen LogP contribution in [-0.2, 0) is 0 Å². The zero-order valence-electron chi connectivity index (χ0n) is 9.74. The van der Waals surface area contributed by atoms with Crippen LogP contribution >= 0.6 is 0 Å². The van der Waals surface area contributed by atoms with Crippen molar-refractivity contribution >= 4 is 11.4 Å². The Hall–Kier alpha value is -1.73. The number of hydrogen-bond acceptors (Lipinski definition) is 4. The number of nitrogens with one attached hydrogen (secondary N) is 1. The van der Waals surface area contributed by atoms with Crippen molar-refractivity contribution in [1.82, 2.24) is 0 Å². The molecule has 4 heteroatoms. The van der Waals surface area contributed by atoms with Gasteiger partial charge in [0.05, 0.1) is 28.6 Å². The molecule has 0 saturated heterocycles. The van der Waals surface area contributed by atoms with Crippen molar-refractivity contribution in [2.45, 2.75) is 31.3 Å². The molecule has 1 aromatic rings. The first-order valence-electron chi connectivity index (χ1n) is 5.89. The van der Waals surface area contributed by atoms with E-state index in [-0.39, 0.29) is 0 Å². The summed E-state index contributed by atoms with van der Waals surface area (Å²) >= 11 is 0. The largest absolute Gasteiger partial charge is 0.397 e. The highest BCUT2D eigenvalue weighted by Crippen LogP contribution is 2.30. The zero-order chi connectivity index (χ0) is 12.3. The van der Waals surface area contributed by atoms with E-state index < -0.39 is 5.60 Å². The lowest BCUT2D eigenvalue weighted by Gasteiger charge is -2.23. The van der Waals surface area contributed by atoms with E-state index in [9.17, 15) is 5.11 Å². The third kappa shape index (κ3) is 2.69. The molecule has 0 aliphatic heterocycles. The van der Waals surface area contributed by atoms with Crippen molar-refractivity contribution in [3.8, 4) is 6.07 Å². The van der Waals surface area contributed by atoms with Gasteiger partial charge in [-0.05, 0) is 31.0 Å². The monoisotopic (exact) mass is 231 g/mol. The smallest absolute Gasteiger partial charge is 0.0992 e. The molecule has 0 atom stereocenters. The van der Waals surface area contributed by atoms with E-state index in [1.807, 2.05) is 6.07 Å². The van der Waals surface area contributed by atoms with E-state index in [4.69, 9.17) is 11.0 Å². The van der Waals surface area contributed by atoms with Crippen molar-refractivity contribution in [1.29, 1.82) is 5.26 Å². The summed E-state index contributed by atoms with van der Waals surface area (Å²) < 4.78 is 0. The summed E-state index contributed by atoms with van der Waals surface area (Å²) in [7, 11) is 0. The quantitative estimate of drug-likeness (QED) is 0.693. The van der Waals surface area contributed by atoms with Crippen LogP contribution in [0, 0.1) is 11.3 Å². The maximum atomic E-state index is 10.2. The highest BCUT2D eigenvalue weighted by atomic mass is 16.3. The first-order valence-corrected chi connectivity index (χ1v) is 5.89. The predicted octanol–water partition coefficient (Wildman–Crippen LogP) is 1.86. The van der Waals surface area contributed by atoms with Gasteiger partial charge in [0.1, 0.15) is 0 Å². The second-order valence-electron chi connectivity index (χ2n) is 4.70. The molecule has 1 aliphatic carbocycles. The van der Waals surface area contributed by atoms with Crippen LogP contribution in [0.15, 0.2) is 18.2 Å². The van der Waals surface area contributed by atoms with Crippen LogP contribution in [0.1, 0.15) is 31.2 Å². The van der Waals surface area contributed by atoms with E-state index in [2.05, 4.69) is 5.32 Å². The summed E-state index contributed by atoms with van der Waals surface area (Å²) in [5.74, 6) is 0. The highest BCUT2D eigenvalue weighted by molar-refractivity contribution is 5.68. The molecule has 1 fully saturated rings. The first-order chi connectivity index (χ1) is 8.13. The summed E-state index contributed by atoms with van der Waals surface area (Å²) in [4.78, 5) is 0. The first kappa shape index (κ1) is 11.7. The summed E-state index contributed by atoms with van der Waals surface area (Å²) in [5.41, 5.74) is 7.11. The van der Waals surface area contributed by atoms with Gasteiger partial charge in [0.2, 0.25) is 0 Å². The van der Waals surface area contributed by atoms with Crippen LogP contribution in [-0.4, -0.2) is 17.3 Å². The molecule has 1 aliphatic rings. The van der Waals surface area contributed by atoms with Crippen LogP contribution in [0.25, 0.3) is 0 Å². The van der Waals surface area contributed by atoms with Crippen LogP contribution in [0.5, 0.6) is 0 Å². The molecule has 90 valence electrons. The lowest BCUT2D eigenvalue weighted by Crippen LogP contribution is -2.33. The number of nitrogens with two attached hydrogens (primary N) is 1. The van der Waals surface area contributed by atoms with Crippen LogP contribution in [0.2, 0.25) is 0 Å². The van der Waals surface area contributed by atoms with Gasteiger partial charge in [0.25, 0.3) is 0 Å². The fraction of sp³-hybridized carbons (Fsp3) is 0.462. The third-order valence-corrected chi connectivity index (χ3v) is 3.32. The maximum Gasteiger partial charge on any atom is 0.0992 e. The Morgan fingerprint density at radius 2 is 2.12 bits per heavy atom. The van der Waals surface area contributed by atoms with Crippen LogP contribution in [0.3, 0.4) is 0 Å². The topological polar surface area (TPSA) is 82.1 Å². The van der Waals surface area contributed by atoms with Crippen molar-refractivity contribution < 1.29 is 5.11 Å². The summed E-state index contributed by atoms with van der Waals surface area (Å²) in [5, 5.41) is 22.1. The van der Waals surface area contributed by atoms with E-state index in [1.165, 1.54) is 0 Å².